The van der Waals surface area contributed by atoms with Crippen LogP contribution in [0.2, 0.25) is 0 Å². The Morgan fingerprint density at radius 3 is 2.94 bits per heavy atom. The Hall–Kier alpha value is -2.10. The highest BCUT2D eigenvalue weighted by Gasteiger charge is 2.44. The van der Waals surface area contributed by atoms with Crippen molar-refractivity contribution >= 4 is 5.91 Å². The summed E-state index contributed by atoms with van der Waals surface area (Å²) in [6.45, 7) is 0.603. The van der Waals surface area contributed by atoms with Crippen molar-refractivity contribution in [2.75, 3.05) is 0 Å². The third-order valence-corrected chi connectivity index (χ3v) is 3.36. The Morgan fingerprint density at radius 2 is 2.22 bits per heavy atom. The molecule has 1 aromatic carbocycles. The number of aromatic nitrogens is 2. The van der Waals surface area contributed by atoms with Gasteiger partial charge in [-0.2, -0.15) is 0 Å². The second-order valence-corrected chi connectivity index (χ2v) is 4.66. The van der Waals surface area contributed by atoms with E-state index in [9.17, 15) is 4.79 Å². The van der Waals surface area contributed by atoms with E-state index < -0.39 is 0 Å². The Kier molecular flexibility index (Phi) is 2.84. The Balaban J connectivity index is 1.52. The lowest BCUT2D eigenvalue weighted by atomic mass is 10.2. The van der Waals surface area contributed by atoms with E-state index >= 15 is 0 Å². The minimum Gasteiger partial charge on any atom is -0.352 e. The number of rotatable bonds is 4. The molecule has 92 valence electrons. The van der Waals surface area contributed by atoms with Gasteiger partial charge >= 0.3 is 0 Å². The maximum atomic E-state index is 11.9. The molecular formula is C14H15N3O. The van der Waals surface area contributed by atoms with E-state index in [1.165, 1.54) is 0 Å². The van der Waals surface area contributed by atoms with Crippen molar-refractivity contribution in [3.63, 3.8) is 0 Å². The Bertz CT molecular complexity index is 521. The van der Waals surface area contributed by atoms with Crippen molar-refractivity contribution in [2.45, 2.75) is 18.9 Å². The number of hydrogen-bond acceptors (Lipinski definition) is 2. The quantitative estimate of drug-likeness (QED) is 0.858. The molecule has 4 nitrogen and oxygen atoms in total. The lowest BCUT2D eigenvalue weighted by molar-refractivity contribution is -0.122. The van der Waals surface area contributed by atoms with Gasteiger partial charge in [0.15, 0.2) is 0 Å². The molecule has 18 heavy (non-hydrogen) atoms. The van der Waals surface area contributed by atoms with Gasteiger partial charge in [-0.05, 0) is 12.0 Å². The van der Waals surface area contributed by atoms with Gasteiger partial charge in [-0.3, -0.25) is 4.79 Å². The zero-order valence-electron chi connectivity index (χ0n) is 9.97. The van der Waals surface area contributed by atoms with Gasteiger partial charge in [0.25, 0.3) is 0 Å². The van der Waals surface area contributed by atoms with Crippen molar-refractivity contribution in [1.82, 2.24) is 15.3 Å². The number of carbonyl (C=O) groups is 1. The van der Waals surface area contributed by atoms with E-state index in [4.69, 9.17) is 0 Å². The van der Waals surface area contributed by atoms with Gasteiger partial charge in [0.1, 0.15) is 0 Å². The molecule has 0 aliphatic heterocycles. The van der Waals surface area contributed by atoms with E-state index in [1.807, 2.05) is 30.3 Å². The fraction of sp³-hybridized carbons (Fsp3) is 0.286. The number of carbonyl (C=O) groups excluding carboxylic acids is 1. The number of amides is 1. The number of H-pyrrole nitrogens is 1. The predicted molar refractivity (Wildman–Crippen MR) is 67.7 cm³/mol. The molecule has 1 fully saturated rings. The number of aromatic amines is 1. The molecular weight excluding hydrogens is 226 g/mol. The fourth-order valence-corrected chi connectivity index (χ4v) is 2.21. The fourth-order valence-electron chi connectivity index (χ4n) is 2.21. The molecule has 1 heterocycles. The van der Waals surface area contributed by atoms with Crippen molar-refractivity contribution < 1.29 is 4.79 Å². The average molecular weight is 241 g/mol. The third-order valence-electron chi connectivity index (χ3n) is 3.36. The van der Waals surface area contributed by atoms with Crippen LogP contribution in [0.5, 0.6) is 0 Å². The molecule has 1 aromatic heterocycles. The van der Waals surface area contributed by atoms with Crippen molar-refractivity contribution in [2.24, 2.45) is 5.92 Å². The SMILES string of the molecule is O=C(NCc1ccccc1)[C@H]1C[C@@H]1c1cnc[nH]1. The van der Waals surface area contributed by atoms with Crippen LogP contribution in [0.25, 0.3) is 0 Å². The largest absolute Gasteiger partial charge is 0.352 e. The summed E-state index contributed by atoms with van der Waals surface area (Å²) in [5, 5.41) is 2.98. The zero-order valence-corrected chi connectivity index (χ0v) is 9.97. The van der Waals surface area contributed by atoms with Crippen LogP contribution in [-0.4, -0.2) is 15.9 Å². The first-order valence-electron chi connectivity index (χ1n) is 6.14. The minimum atomic E-state index is 0.106. The molecule has 1 aliphatic carbocycles. The molecule has 0 saturated heterocycles. The zero-order chi connectivity index (χ0) is 12.4. The third kappa shape index (κ3) is 2.27. The number of imidazole rings is 1. The summed E-state index contributed by atoms with van der Waals surface area (Å²) >= 11 is 0. The van der Waals surface area contributed by atoms with Crippen LogP contribution in [0.1, 0.15) is 23.6 Å². The second kappa shape index (κ2) is 4.64. The minimum absolute atomic E-state index is 0.106. The maximum Gasteiger partial charge on any atom is 0.224 e. The standard InChI is InChI=1S/C14H15N3O/c18-14(16-7-10-4-2-1-3-5-10)12-6-11(12)13-8-15-9-17-13/h1-5,8-9,11-12H,6-7H2,(H,15,17)(H,16,18)/t11-,12-/m0/s1. The highest BCUT2D eigenvalue weighted by atomic mass is 16.2. The summed E-state index contributed by atoms with van der Waals surface area (Å²) in [7, 11) is 0. The Labute approximate surface area is 105 Å². The molecule has 2 N–H and O–H groups in total. The van der Waals surface area contributed by atoms with E-state index in [0.717, 1.165) is 17.7 Å². The summed E-state index contributed by atoms with van der Waals surface area (Å²) in [6.07, 6.45) is 4.38. The van der Waals surface area contributed by atoms with Crippen molar-refractivity contribution in [3.05, 3.63) is 54.1 Å². The van der Waals surface area contributed by atoms with Crippen LogP contribution in [0.3, 0.4) is 0 Å². The molecule has 1 amide bonds. The highest BCUT2D eigenvalue weighted by Crippen LogP contribution is 2.46. The van der Waals surface area contributed by atoms with E-state index in [2.05, 4.69) is 15.3 Å². The lowest BCUT2D eigenvalue weighted by Gasteiger charge is -2.04. The van der Waals surface area contributed by atoms with Crippen LogP contribution >= 0.6 is 0 Å². The smallest absolute Gasteiger partial charge is 0.224 e. The predicted octanol–water partition coefficient (Wildman–Crippen LogP) is 1.83. The molecule has 4 heteroatoms. The van der Waals surface area contributed by atoms with Gasteiger partial charge in [0, 0.05) is 30.3 Å². The normalized spacial score (nSPS) is 21.6. The van der Waals surface area contributed by atoms with Crippen molar-refractivity contribution in [3.8, 4) is 0 Å². The summed E-state index contributed by atoms with van der Waals surface area (Å²) < 4.78 is 0. The van der Waals surface area contributed by atoms with E-state index in [0.29, 0.717) is 12.5 Å². The lowest BCUT2D eigenvalue weighted by Crippen LogP contribution is -2.24. The second-order valence-electron chi connectivity index (χ2n) is 4.66. The van der Waals surface area contributed by atoms with Gasteiger partial charge in [-0.1, -0.05) is 30.3 Å². The average Bonchev–Trinajstić information content (AvgIpc) is 3.03. The highest BCUT2D eigenvalue weighted by molar-refractivity contribution is 5.82. The first-order chi connectivity index (χ1) is 8.84. The molecule has 3 rings (SSSR count). The summed E-state index contributed by atoms with van der Waals surface area (Å²) in [4.78, 5) is 19.0. The van der Waals surface area contributed by atoms with Gasteiger partial charge < -0.3 is 10.3 Å². The molecule has 0 radical (unpaired) electrons. The molecule has 2 atom stereocenters. The van der Waals surface area contributed by atoms with E-state index in [-0.39, 0.29) is 11.8 Å². The van der Waals surface area contributed by atoms with Gasteiger partial charge in [0.05, 0.1) is 6.33 Å². The monoisotopic (exact) mass is 241 g/mol. The molecule has 1 saturated carbocycles. The van der Waals surface area contributed by atoms with Crippen molar-refractivity contribution in [1.29, 1.82) is 0 Å². The molecule has 0 bridgehead atoms. The van der Waals surface area contributed by atoms with Gasteiger partial charge in [-0.25, -0.2) is 4.98 Å². The first kappa shape index (κ1) is 11.0. The molecule has 0 unspecified atom stereocenters. The maximum absolute atomic E-state index is 11.9. The summed E-state index contributed by atoms with van der Waals surface area (Å²) in [6, 6.07) is 9.96. The Morgan fingerprint density at radius 1 is 1.39 bits per heavy atom. The molecule has 0 spiro atoms. The number of benzene rings is 1. The van der Waals surface area contributed by atoms with Crippen LogP contribution < -0.4 is 5.32 Å². The van der Waals surface area contributed by atoms with Crippen LogP contribution in [0, 0.1) is 5.92 Å². The topological polar surface area (TPSA) is 57.8 Å². The van der Waals surface area contributed by atoms with Gasteiger partial charge in [0.2, 0.25) is 5.91 Å². The molecule has 1 aliphatic rings. The summed E-state index contributed by atoms with van der Waals surface area (Å²) in [5.74, 6) is 0.566. The first-order valence-corrected chi connectivity index (χ1v) is 6.14. The van der Waals surface area contributed by atoms with Gasteiger partial charge in [-0.15, -0.1) is 0 Å². The number of nitrogens with zero attached hydrogens (tertiary/aromatic N) is 1. The molecule has 2 aromatic rings. The van der Waals surface area contributed by atoms with Crippen LogP contribution in [0.15, 0.2) is 42.9 Å². The van der Waals surface area contributed by atoms with Crippen LogP contribution in [-0.2, 0) is 11.3 Å². The number of nitrogens with one attached hydrogen (secondary N) is 2. The summed E-state index contributed by atoms with van der Waals surface area (Å²) in [5.41, 5.74) is 2.19. The number of hydrogen-bond donors (Lipinski definition) is 2. The van der Waals surface area contributed by atoms with E-state index in [1.54, 1.807) is 12.5 Å². The van der Waals surface area contributed by atoms with Crippen LogP contribution in [0.4, 0.5) is 0 Å².